The molecule has 0 aliphatic rings. The van der Waals surface area contributed by atoms with Crippen LogP contribution in [0.3, 0.4) is 0 Å². The number of phosphoric acid groups is 1. The molecule has 7 heteroatoms. The van der Waals surface area contributed by atoms with E-state index in [4.69, 9.17) is 9.79 Å². The third-order valence-electron chi connectivity index (χ3n) is 4.21. The van der Waals surface area contributed by atoms with Gasteiger partial charge in [-0.05, 0) is 6.42 Å². The van der Waals surface area contributed by atoms with Crippen LogP contribution in [0, 0.1) is 0 Å². The van der Waals surface area contributed by atoms with Crippen LogP contribution < -0.4 is 0 Å². The second-order valence-electron chi connectivity index (χ2n) is 6.65. The van der Waals surface area contributed by atoms with Crippen LogP contribution in [-0.2, 0) is 13.9 Å². The third kappa shape index (κ3) is 25.2. The van der Waals surface area contributed by atoms with E-state index in [1.807, 2.05) is 0 Å². The molecule has 0 unspecified atom stereocenters. The molecule has 0 bridgehead atoms. The van der Waals surface area contributed by atoms with E-state index in [2.05, 4.69) is 11.4 Å². The SMILES string of the molecule is CCCCCCCCCCCCCCCCCC(=O)OP(=O)(O)O.[BaH2]. The Balaban J connectivity index is 0. The van der Waals surface area contributed by atoms with Gasteiger partial charge in [-0.3, -0.25) is 14.6 Å². The fraction of sp³-hybridized carbons (Fsp3) is 0.944. The number of carbonyl (C=O) groups excluding carboxylic acids is 1. The molecule has 148 valence electrons. The number of unbranched alkanes of at least 4 members (excludes halogenated alkanes) is 14. The first kappa shape index (κ1) is 28.4. The normalized spacial score (nSPS) is 11.2. The van der Waals surface area contributed by atoms with Crippen LogP contribution >= 0.6 is 7.82 Å². The Morgan fingerprint density at radius 3 is 1.36 bits per heavy atom. The van der Waals surface area contributed by atoms with E-state index < -0.39 is 13.8 Å². The van der Waals surface area contributed by atoms with Gasteiger partial charge in [0.15, 0.2) is 0 Å². The average Bonchev–Trinajstić information content (AvgIpc) is 2.49. The van der Waals surface area contributed by atoms with Crippen LogP contribution in [0.4, 0.5) is 0 Å². The van der Waals surface area contributed by atoms with Gasteiger partial charge in [-0.15, -0.1) is 0 Å². The van der Waals surface area contributed by atoms with Gasteiger partial charge in [-0.1, -0.05) is 96.8 Å². The Morgan fingerprint density at radius 2 is 1.04 bits per heavy atom. The molecular formula is C18H39BaO5P. The Hall–Kier alpha value is 1.19. The molecule has 0 radical (unpaired) electrons. The van der Waals surface area contributed by atoms with Crippen LogP contribution in [0.2, 0.25) is 0 Å². The zero-order valence-electron chi connectivity index (χ0n) is 15.4. The molecule has 5 nitrogen and oxygen atoms in total. The number of hydrogen-bond donors (Lipinski definition) is 2. The van der Waals surface area contributed by atoms with Crippen LogP contribution in [0.5, 0.6) is 0 Å². The van der Waals surface area contributed by atoms with Crippen molar-refractivity contribution >= 4 is 62.7 Å². The molecule has 2 N–H and O–H groups in total. The summed E-state index contributed by atoms with van der Waals surface area (Å²) in [5.74, 6) is -0.807. The Morgan fingerprint density at radius 1 is 0.720 bits per heavy atom. The molecule has 0 aromatic rings. The van der Waals surface area contributed by atoms with Crippen LogP contribution in [0.15, 0.2) is 0 Å². The first-order valence-corrected chi connectivity index (χ1v) is 11.3. The van der Waals surface area contributed by atoms with Crippen molar-refractivity contribution in [2.24, 2.45) is 0 Å². The molecule has 0 fully saturated rings. The molecule has 0 rings (SSSR count). The zero-order chi connectivity index (χ0) is 18.1. The number of phosphoric ester groups is 1. The number of carbonyl (C=O) groups is 1. The maximum atomic E-state index is 11.1. The van der Waals surface area contributed by atoms with E-state index in [9.17, 15) is 9.36 Å². The van der Waals surface area contributed by atoms with Crippen molar-refractivity contribution in [2.45, 2.75) is 110 Å². The standard InChI is InChI=1S/C18H37O5P.Ba.2H/c1-2-3-4-5-6-7-8-9-10-11-12-13-14-15-16-17-18(19)23-24(20,21)22;;;/h2-17H2,1H3,(H2,20,21,22);;;. The topological polar surface area (TPSA) is 83.8 Å². The fourth-order valence-electron chi connectivity index (χ4n) is 2.82. The quantitative estimate of drug-likeness (QED) is 0.166. The van der Waals surface area contributed by atoms with Gasteiger partial charge in [-0.2, -0.15) is 0 Å². The molecular weight excluding hydrogens is 464 g/mol. The van der Waals surface area contributed by atoms with Gasteiger partial charge < -0.3 is 4.52 Å². The van der Waals surface area contributed by atoms with Crippen molar-refractivity contribution in [3.8, 4) is 0 Å². The molecule has 0 amide bonds. The van der Waals surface area contributed by atoms with Gasteiger partial charge in [0.05, 0.1) is 0 Å². The molecule has 0 heterocycles. The summed E-state index contributed by atoms with van der Waals surface area (Å²) in [7, 11) is -4.66. The van der Waals surface area contributed by atoms with Crippen molar-refractivity contribution in [3.63, 3.8) is 0 Å². The molecule has 0 aliphatic heterocycles. The van der Waals surface area contributed by atoms with E-state index in [0.29, 0.717) is 6.42 Å². The van der Waals surface area contributed by atoms with Gasteiger partial charge in [0, 0.05) is 6.42 Å². The third-order valence-corrected chi connectivity index (χ3v) is 4.65. The van der Waals surface area contributed by atoms with Crippen molar-refractivity contribution in [1.82, 2.24) is 0 Å². The van der Waals surface area contributed by atoms with Crippen LogP contribution in [0.1, 0.15) is 110 Å². The van der Waals surface area contributed by atoms with Gasteiger partial charge in [0.2, 0.25) is 0 Å². The second-order valence-corrected chi connectivity index (χ2v) is 7.82. The minimum atomic E-state index is -4.66. The molecule has 0 saturated carbocycles. The summed E-state index contributed by atoms with van der Waals surface area (Å²) in [5, 5.41) is 0. The maximum absolute atomic E-state index is 11.1. The summed E-state index contributed by atoms with van der Waals surface area (Å²) in [6.45, 7) is 2.25. The van der Waals surface area contributed by atoms with E-state index in [1.165, 1.54) is 77.0 Å². The summed E-state index contributed by atoms with van der Waals surface area (Å²) in [5.41, 5.74) is 0. The Labute approximate surface area is 194 Å². The predicted octanol–water partition coefficient (Wildman–Crippen LogP) is 4.97. The minimum absolute atomic E-state index is 0. The zero-order valence-corrected chi connectivity index (χ0v) is 16.3. The predicted molar refractivity (Wildman–Crippen MR) is 106 cm³/mol. The van der Waals surface area contributed by atoms with E-state index in [0.717, 1.165) is 12.8 Å². The molecule has 0 aromatic heterocycles. The van der Waals surface area contributed by atoms with Crippen molar-refractivity contribution in [1.29, 1.82) is 0 Å². The molecule has 0 atom stereocenters. The van der Waals surface area contributed by atoms with Gasteiger partial charge >= 0.3 is 62.7 Å². The Bertz CT molecular complexity index is 346. The average molecular weight is 504 g/mol. The van der Waals surface area contributed by atoms with Crippen LogP contribution in [0.25, 0.3) is 0 Å². The summed E-state index contributed by atoms with van der Waals surface area (Å²) in [6.07, 6.45) is 18.7. The first-order chi connectivity index (χ1) is 11.5. The summed E-state index contributed by atoms with van der Waals surface area (Å²) in [6, 6.07) is 0. The summed E-state index contributed by atoms with van der Waals surface area (Å²) >= 11 is 0. The number of hydrogen-bond acceptors (Lipinski definition) is 3. The molecule has 25 heavy (non-hydrogen) atoms. The first-order valence-electron chi connectivity index (χ1n) is 9.73. The summed E-state index contributed by atoms with van der Waals surface area (Å²) in [4.78, 5) is 28.0. The van der Waals surface area contributed by atoms with Gasteiger partial charge in [-0.25, -0.2) is 4.57 Å². The summed E-state index contributed by atoms with van der Waals surface area (Å²) < 4.78 is 14.4. The Kier molecular flexibility index (Phi) is 22.7. The van der Waals surface area contributed by atoms with E-state index in [1.54, 1.807) is 0 Å². The number of rotatable bonds is 17. The van der Waals surface area contributed by atoms with E-state index in [-0.39, 0.29) is 55.3 Å². The van der Waals surface area contributed by atoms with Crippen molar-refractivity contribution in [3.05, 3.63) is 0 Å². The van der Waals surface area contributed by atoms with Gasteiger partial charge in [0.1, 0.15) is 0 Å². The molecule has 0 aliphatic carbocycles. The molecule has 0 saturated heterocycles. The van der Waals surface area contributed by atoms with Crippen LogP contribution in [-0.4, -0.2) is 64.6 Å². The second kappa shape index (κ2) is 19.9. The van der Waals surface area contributed by atoms with Crippen molar-refractivity contribution < 1.29 is 23.7 Å². The fourth-order valence-corrected chi connectivity index (χ4v) is 3.18. The van der Waals surface area contributed by atoms with Gasteiger partial charge in [0.25, 0.3) is 0 Å². The van der Waals surface area contributed by atoms with E-state index >= 15 is 0 Å². The monoisotopic (exact) mass is 504 g/mol. The molecule has 0 aromatic carbocycles. The molecule has 0 spiro atoms. The van der Waals surface area contributed by atoms with Crippen molar-refractivity contribution in [2.75, 3.05) is 0 Å².